The molecule has 0 spiro atoms. The molecule has 108 valence electrons. The van der Waals surface area contributed by atoms with Gasteiger partial charge in [0.05, 0.1) is 10.5 Å². The molecule has 0 saturated carbocycles. The Morgan fingerprint density at radius 1 is 0.773 bits per heavy atom. The predicted octanol–water partition coefficient (Wildman–Crippen LogP) is 4.51. The molecule has 3 aromatic rings. The monoisotopic (exact) mass is 290 g/mol. The summed E-state index contributed by atoms with van der Waals surface area (Å²) < 4.78 is 0. The van der Waals surface area contributed by atoms with Crippen LogP contribution in [0, 0.1) is 10.1 Å². The minimum absolute atomic E-state index is 0.0170. The molecule has 0 aliphatic carbocycles. The third-order valence-corrected chi connectivity index (χ3v) is 3.53. The van der Waals surface area contributed by atoms with Crippen molar-refractivity contribution in [3.8, 4) is 22.3 Å². The molecule has 0 radical (unpaired) electrons. The average Bonchev–Trinajstić information content (AvgIpc) is 2.56. The number of hydrogen-bond acceptors (Lipinski definition) is 3. The van der Waals surface area contributed by atoms with Gasteiger partial charge in [-0.1, -0.05) is 60.7 Å². The summed E-state index contributed by atoms with van der Waals surface area (Å²) in [5.41, 5.74) is 9.55. The van der Waals surface area contributed by atoms with Crippen LogP contribution in [0.1, 0.15) is 0 Å². The maximum atomic E-state index is 11.3. The molecule has 0 unspecified atom stereocenters. The fraction of sp³-hybridized carbons (Fsp3) is 0. The van der Waals surface area contributed by atoms with Crippen molar-refractivity contribution in [2.24, 2.45) is 0 Å². The second-order valence-electron chi connectivity index (χ2n) is 4.95. The van der Waals surface area contributed by atoms with Crippen molar-refractivity contribution in [2.75, 3.05) is 5.73 Å². The molecule has 2 N–H and O–H groups in total. The van der Waals surface area contributed by atoms with E-state index in [-0.39, 0.29) is 5.69 Å². The van der Waals surface area contributed by atoms with E-state index in [1.165, 1.54) is 6.07 Å². The summed E-state index contributed by atoms with van der Waals surface area (Å²) in [6.07, 6.45) is 0. The minimum atomic E-state index is -0.395. The number of nitrogen functional groups attached to an aromatic ring is 1. The quantitative estimate of drug-likeness (QED) is 0.438. The summed E-state index contributed by atoms with van der Waals surface area (Å²) >= 11 is 0. The number of nitro groups is 1. The van der Waals surface area contributed by atoms with Gasteiger partial charge in [-0.15, -0.1) is 0 Å². The zero-order valence-electron chi connectivity index (χ0n) is 11.8. The molecule has 0 aromatic heterocycles. The third kappa shape index (κ3) is 2.54. The normalized spacial score (nSPS) is 10.4. The van der Waals surface area contributed by atoms with Gasteiger partial charge in [0, 0.05) is 17.3 Å². The van der Waals surface area contributed by atoms with Gasteiger partial charge in [-0.05, 0) is 17.2 Å². The molecular weight excluding hydrogens is 276 g/mol. The van der Waals surface area contributed by atoms with Gasteiger partial charge >= 0.3 is 0 Å². The first kappa shape index (κ1) is 13.8. The van der Waals surface area contributed by atoms with Crippen molar-refractivity contribution < 1.29 is 4.92 Å². The number of nitrogens with two attached hydrogens (primary N) is 1. The number of hydrogen-bond donors (Lipinski definition) is 1. The van der Waals surface area contributed by atoms with Gasteiger partial charge in [0.2, 0.25) is 0 Å². The Morgan fingerprint density at radius 3 is 1.77 bits per heavy atom. The van der Waals surface area contributed by atoms with E-state index in [4.69, 9.17) is 5.73 Å². The summed E-state index contributed by atoms with van der Waals surface area (Å²) in [4.78, 5) is 10.9. The van der Waals surface area contributed by atoms with Crippen LogP contribution in [0.25, 0.3) is 22.3 Å². The van der Waals surface area contributed by atoms with Crippen LogP contribution < -0.4 is 5.73 Å². The van der Waals surface area contributed by atoms with E-state index in [2.05, 4.69) is 0 Å². The lowest BCUT2D eigenvalue weighted by atomic mass is 9.96. The molecular formula is C18H14N2O2. The van der Waals surface area contributed by atoms with Crippen LogP contribution in [0.5, 0.6) is 0 Å². The molecule has 0 saturated heterocycles. The van der Waals surface area contributed by atoms with Crippen molar-refractivity contribution in [3.05, 3.63) is 82.9 Å². The van der Waals surface area contributed by atoms with E-state index in [9.17, 15) is 10.1 Å². The van der Waals surface area contributed by atoms with E-state index >= 15 is 0 Å². The van der Waals surface area contributed by atoms with Gasteiger partial charge in [-0.3, -0.25) is 10.1 Å². The lowest BCUT2D eigenvalue weighted by Crippen LogP contribution is -1.97. The summed E-state index contributed by atoms with van der Waals surface area (Å²) in [6, 6.07) is 22.2. The van der Waals surface area contributed by atoms with Crippen LogP contribution >= 0.6 is 0 Å². The van der Waals surface area contributed by atoms with Gasteiger partial charge in [-0.25, -0.2) is 0 Å². The van der Waals surface area contributed by atoms with E-state index < -0.39 is 4.92 Å². The molecule has 0 aliphatic heterocycles. The maximum absolute atomic E-state index is 11.3. The first-order valence-electron chi connectivity index (χ1n) is 6.85. The van der Waals surface area contributed by atoms with Gasteiger partial charge in [-0.2, -0.15) is 0 Å². The smallest absolute Gasteiger partial charge is 0.279 e. The number of anilines is 1. The van der Waals surface area contributed by atoms with E-state index in [0.717, 1.165) is 16.7 Å². The van der Waals surface area contributed by atoms with E-state index in [0.29, 0.717) is 11.3 Å². The Kier molecular flexibility index (Phi) is 3.58. The van der Waals surface area contributed by atoms with Crippen molar-refractivity contribution in [1.82, 2.24) is 0 Å². The standard InChI is InChI=1S/C18H14N2O2/c19-17-12-18(20(21)22)16(14-9-5-2-6-10-14)11-15(17)13-7-3-1-4-8-13/h1-12H,19H2. The molecule has 0 heterocycles. The highest BCUT2D eigenvalue weighted by Crippen LogP contribution is 2.37. The Balaban J connectivity index is 2.25. The summed E-state index contributed by atoms with van der Waals surface area (Å²) in [5, 5.41) is 11.3. The number of nitro benzene ring substituents is 1. The van der Waals surface area contributed by atoms with Crippen LogP contribution in [0.3, 0.4) is 0 Å². The summed E-state index contributed by atoms with van der Waals surface area (Å²) in [6.45, 7) is 0. The molecule has 3 aromatic carbocycles. The molecule has 4 heteroatoms. The topological polar surface area (TPSA) is 69.2 Å². The van der Waals surface area contributed by atoms with Crippen LogP contribution in [-0.4, -0.2) is 4.92 Å². The lowest BCUT2D eigenvalue weighted by molar-refractivity contribution is -0.384. The van der Waals surface area contributed by atoms with E-state index in [1.54, 1.807) is 6.07 Å². The maximum Gasteiger partial charge on any atom is 0.279 e. The van der Waals surface area contributed by atoms with Crippen molar-refractivity contribution in [2.45, 2.75) is 0 Å². The average molecular weight is 290 g/mol. The van der Waals surface area contributed by atoms with Crippen molar-refractivity contribution in [3.63, 3.8) is 0 Å². The van der Waals surface area contributed by atoms with Gasteiger partial charge in [0.25, 0.3) is 5.69 Å². The number of nitrogens with zero attached hydrogens (tertiary/aromatic N) is 1. The number of rotatable bonds is 3. The summed E-state index contributed by atoms with van der Waals surface area (Å²) in [5.74, 6) is 0. The zero-order chi connectivity index (χ0) is 15.5. The first-order valence-corrected chi connectivity index (χ1v) is 6.85. The predicted molar refractivity (Wildman–Crippen MR) is 88.4 cm³/mol. The zero-order valence-corrected chi connectivity index (χ0v) is 11.8. The van der Waals surface area contributed by atoms with Crippen LogP contribution in [0.4, 0.5) is 11.4 Å². The van der Waals surface area contributed by atoms with Crippen LogP contribution in [0.2, 0.25) is 0 Å². The second-order valence-corrected chi connectivity index (χ2v) is 4.95. The molecule has 22 heavy (non-hydrogen) atoms. The molecule has 0 atom stereocenters. The van der Waals surface area contributed by atoms with Gasteiger partial charge < -0.3 is 5.73 Å². The molecule has 0 bridgehead atoms. The third-order valence-electron chi connectivity index (χ3n) is 3.53. The highest BCUT2D eigenvalue weighted by molar-refractivity contribution is 5.87. The minimum Gasteiger partial charge on any atom is -0.398 e. The molecule has 0 aliphatic rings. The Morgan fingerprint density at radius 2 is 1.27 bits per heavy atom. The first-order chi connectivity index (χ1) is 10.7. The molecule has 0 amide bonds. The van der Waals surface area contributed by atoms with Crippen LogP contribution in [-0.2, 0) is 0 Å². The molecule has 3 rings (SSSR count). The molecule has 0 fully saturated rings. The fourth-order valence-corrected chi connectivity index (χ4v) is 2.47. The Bertz CT molecular complexity index is 815. The Labute approximate surface area is 128 Å². The van der Waals surface area contributed by atoms with Gasteiger partial charge in [0.15, 0.2) is 0 Å². The fourth-order valence-electron chi connectivity index (χ4n) is 2.47. The lowest BCUT2D eigenvalue weighted by Gasteiger charge is -2.10. The van der Waals surface area contributed by atoms with Gasteiger partial charge in [0.1, 0.15) is 0 Å². The van der Waals surface area contributed by atoms with Crippen molar-refractivity contribution in [1.29, 1.82) is 0 Å². The largest absolute Gasteiger partial charge is 0.398 e. The van der Waals surface area contributed by atoms with Crippen LogP contribution in [0.15, 0.2) is 72.8 Å². The Hall–Kier alpha value is -3.14. The highest BCUT2D eigenvalue weighted by atomic mass is 16.6. The SMILES string of the molecule is Nc1cc([N+](=O)[O-])c(-c2ccccc2)cc1-c1ccccc1. The highest BCUT2D eigenvalue weighted by Gasteiger charge is 2.18. The second kappa shape index (κ2) is 5.69. The number of benzene rings is 3. The molecule has 4 nitrogen and oxygen atoms in total. The summed E-state index contributed by atoms with van der Waals surface area (Å²) in [7, 11) is 0. The van der Waals surface area contributed by atoms with E-state index in [1.807, 2.05) is 60.7 Å². The van der Waals surface area contributed by atoms with Crippen molar-refractivity contribution >= 4 is 11.4 Å².